The predicted molar refractivity (Wildman–Crippen MR) is 149 cm³/mol. The van der Waals surface area contributed by atoms with Crippen LogP contribution < -0.4 is 10.2 Å². The molecule has 2 aromatic carbocycles. The van der Waals surface area contributed by atoms with E-state index < -0.39 is 17.1 Å². The van der Waals surface area contributed by atoms with E-state index in [0.29, 0.717) is 16.3 Å². The number of halogens is 1. The van der Waals surface area contributed by atoms with Gasteiger partial charge in [0.25, 0.3) is 11.1 Å². The summed E-state index contributed by atoms with van der Waals surface area (Å²) in [5.41, 5.74) is 5.38. The van der Waals surface area contributed by atoms with Gasteiger partial charge in [-0.25, -0.2) is 0 Å². The third kappa shape index (κ3) is 5.22. The minimum absolute atomic E-state index is 0.139. The Kier molecular flexibility index (Phi) is 7.34. The van der Waals surface area contributed by atoms with E-state index in [1.54, 1.807) is 12.1 Å². The van der Waals surface area contributed by atoms with Crippen LogP contribution in [0.1, 0.15) is 50.8 Å². The maximum atomic E-state index is 13.0. The average molecular weight is 524 g/mol. The molecule has 0 aliphatic carbocycles. The summed E-state index contributed by atoms with van der Waals surface area (Å²) in [7, 11) is 0. The molecule has 3 amide bonds. The molecule has 1 N–H and O–H groups in total. The summed E-state index contributed by atoms with van der Waals surface area (Å²) in [5.74, 6) is -0.936. The number of aryl methyl sites for hydroxylation is 1. The highest BCUT2D eigenvalue weighted by Crippen LogP contribution is 2.42. The van der Waals surface area contributed by atoms with E-state index in [4.69, 9.17) is 11.6 Å². The molecule has 8 heteroatoms. The van der Waals surface area contributed by atoms with Crippen LogP contribution in [0.15, 0.2) is 47.4 Å². The number of anilines is 2. The second kappa shape index (κ2) is 10.1. The van der Waals surface area contributed by atoms with Gasteiger partial charge in [0.05, 0.1) is 10.4 Å². The van der Waals surface area contributed by atoms with Crippen molar-refractivity contribution in [3.8, 4) is 0 Å². The lowest BCUT2D eigenvalue weighted by Crippen LogP contribution is -2.45. The second-order valence-corrected chi connectivity index (χ2v) is 11.1. The SMILES string of the molecule is CCCN1c2cc(Cl)c(/C=C3/SC(=O)N(CC(=O)Nc4cccc(C)c4)C3=O)cc2C(C)=CC1(C)C. The van der Waals surface area contributed by atoms with E-state index in [9.17, 15) is 14.4 Å². The van der Waals surface area contributed by atoms with Gasteiger partial charge in [0.1, 0.15) is 6.54 Å². The van der Waals surface area contributed by atoms with E-state index in [1.807, 2.05) is 37.3 Å². The Balaban J connectivity index is 1.57. The van der Waals surface area contributed by atoms with Gasteiger partial charge in [-0.3, -0.25) is 19.3 Å². The lowest BCUT2D eigenvalue weighted by Gasteiger charge is -2.43. The van der Waals surface area contributed by atoms with Gasteiger partial charge in [-0.15, -0.1) is 0 Å². The zero-order chi connectivity index (χ0) is 26.2. The van der Waals surface area contributed by atoms with Crippen LogP contribution in [0.4, 0.5) is 16.2 Å². The molecule has 1 saturated heterocycles. The van der Waals surface area contributed by atoms with E-state index in [0.717, 1.165) is 52.0 Å². The number of allylic oxidation sites excluding steroid dienone is 1. The minimum Gasteiger partial charge on any atom is -0.362 e. The largest absolute Gasteiger partial charge is 0.362 e. The van der Waals surface area contributed by atoms with Crippen LogP contribution >= 0.6 is 23.4 Å². The first-order valence-electron chi connectivity index (χ1n) is 11.9. The number of thioether (sulfide) groups is 1. The summed E-state index contributed by atoms with van der Waals surface area (Å²) in [5, 5.41) is 2.76. The number of carbonyl (C=O) groups excluding carboxylic acids is 3. The van der Waals surface area contributed by atoms with Gasteiger partial charge >= 0.3 is 0 Å². The van der Waals surface area contributed by atoms with Crippen LogP contribution in [0, 0.1) is 6.92 Å². The summed E-state index contributed by atoms with van der Waals surface area (Å²) in [6.45, 7) is 11.0. The number of rotatable bonds is 6. The molecule has 6 nitrogen and oxygen atoms in total. The van der Waals surface area contributed by atoms with E-state index in [-0.39, 0.29) is 17.0 Å². The van der Waals surface area contributed by atoms with Gasteiger partial charge < -0.3 is 10.2 Å². The Morgan fingerprint density at radius 3 is 2.61 bits per heavy atom. The third-order valence-electron chi connectivity index (χ3n) is 6.31. The van der Waals surface area contributed by atoms with Crippen LogP contribution in [-0.4, -0.2) is 40.6 Å². The molecule has 1 fully saturated rings. The van der Waals surface area contributed by atoms with Crippen molar-refractivity contribution in [2.45, 2.75) is 46.6 Å². The van der Waals surface area contributed by atoms with Crippen molar-refractivity contribution in [3.63, 3.8) is 0 Å². The first kappa shape index (κ1) is 26.0. The smallest absolute Gasteiger partial charge is 0.294 e. The van der Waals surface area contributed by atoms with Gasteiger partial charge in [0.15, 0.2) is 0 Å². The van der Waals surface area contributed by atoms with Crippen molar-refractivity contribution < 1.29 is 14.4 Å². The van der Waals surface area contributed by atoms with Crippen LogP contribution in [0.3, 0.4) is 0 Å². The summed E-state index contributed by atoms with van der Waals surface area (Å²) < 4.78 is 0. The molecule has 2 aromatic rings. The van der Waals surface area contributed by atoms with Crippen LogP contribution in [0.25, 0.3) is 11.6 Å². The minimum atomic E-state index is -0.501. The van der Waals surface area contributed by atoms with Gasteiger partial charge in [0, 0.05) is 28.5 Å². The number of benzene rings is 2. The standard InChI is InChI=1S/C28H30ClN3O3S/c1-6-10-32-23-14-22(29)19(12-21(23)18(3)15-28(32,4)5)13-24-26(34)31(27(35)36-24)16-25(33)30-20-9-7-8-17(2)11-20/h7-9,11-15H,6,10,16H2,1-5H3,(H,30,33)/b24-13+. The van der Waals surface area contributed by atoms with Crippen molar-refractivity contribution in [1.82, 2.24) is 4.90 Å². The number of fused-ring (bicyclic) bond motifs is 1. The zero-order valence-corrected chi connectivity index (χ0v) is 22.7. The fraction of sp³-hybridized carbons (Fsp3) is 0.321. The fourth-order valence-electron chi connectivity index (χ4n) is 4.70. The molecule has 4 rings (SSSR count). The van der Waals surface area contributed by atoms with Gasteiger partial charge in [-0.2, -0.15) is 0 Å². The highest BCUT2D eigenvalue weighted by molar-refractivity contribution is 8.18. The highest BCUT2D eigenvalue weighted by Gasteiger charge is 2.37. The topological polar surface area (TPSA) is 69.7 Å². The lowest BCUT2D eigenvalue weighted by atomic mass is 9.87. The number of carbonyl (C=O) groups is 3. The Bertz CT molecular complexity index is 1320. The van der Waals surface area contributed by atoms with E-state index >= 15 is 0 Å². The maximum Gasteiger partial charge on any atom is 0.294 e. The Morgan fingerprint density at radius 2 is 1.92 bits per heavy atom. The molecule has 0 radical (unpaired) electrons. The molecule has 0 aromatic heterocycles. The van der Waals surface area contributed by atoms with Gasteiger partial charge in [0.2, 0.25) is 5.91 Å². The molecular weight excluding hydrogens is 494 g/mol. The number of imide groups is 1. The fourth-order valence-corrected chi connectivity index (χ4v) is 5.74. The molecule has 2 heterocycles. The molecule has 188 valence electrons. The van der Waals surface area contributed by atoms with E-state index in [1.165, 1.54) is 0 Å². The first-order valence-corrected chi connectivity index (χ1v) is 13.1. The van der Waals surface area contributed by atoms with Crippen molar-refractivity contribution in [2.75, 3.05) is 23.3 Å². The quantitative estimate of drug-likeness (QED) is 0.425. The number of amides is 3. The molecule has 36 heavy (non-hydrogen) atoms. The van der Waals surface area contributed by atoms with E-state index in [2.05, 4.69) is 44.0 Å². The monoisotopic (exact) mass is 523 g/mol. The van der Waals surface area contributed by atoms with Crippen LogP contribution in [-0.2, 0) is 9.59 Å². The normalized spacial score (nSPS) is 17.9. The Hall–Kier alpha value is -3.03. The number of nitrogens with zero attached hydrogens (tertiary/aromatic N) is 2. The zero-order valence-electron chi connectivity index (χ0n) is 21.1. The van der Waals surface area contributed by atoms with Crippen LogP contribution in [0.5, 0.6) is 0 Å². The number of hydrogen-bond donors (Lipinski definition) is 1. The van der Waals surface area contributed by atoms with Crippen LogP contribution in [0.2, 0.25) is 5.02 Å². The third-order valence-corrected chi connectivity index (χ3v) is 7.54. The van der Waals surface area contributed by atoms with Crippen molar-refractivity contribution >= 4 is 63.4 Å². The number of hydrogen-bond acceptors (Lipinski definition) is 5. The summed E-state index contributed by atoms with van der Waals surface area (Å²) >= 11 is 7.50. The molecule has 0 atom stereocenters. The molecule has 0 unspecified atom stereocenters. The average Bonchev–Trinajstić information content (AvgIpc) is 3.04. The molecular formula is C28H30ClN3O3S. The maximum absolute atomic E-state index is 13.0. The molecule has 0 bridgehead atoms. The Morgan fingerprint density at radius 1 is 1.17 bits per heavy atom. The van der Waals surface area contributed by atoms with Crippen molar-refractivity contribution in [3.05, 3.63) is 69.1 Å². The molecule has 2 aliphatic heterocycles. The summed E-state index contributed by atoms with van der Waals surface area (Å²) in [4.78, 5) is 41.7. The first-order chi connectivity index (χ1) is 17.0. The lowest BCUT2D eigenvalue weighted by molar-refractivity contribution is -0.127. The second-order valence-electron chi connectivity index (χ2n) is 9.71. The van der Waals surface area contributed by atoms with Crippen molar-refractivity contribution in [1.29, 1.82) is 0 Å². The molecule has 0 saturated carbocycles. The summed E-state index contributed by atoms with van der Waals surface area (Å²) in [6, 6.07) is 11.2. The molecule has 2 aliphatic rings. The number of nitrogens with one attached hydrogen (secondary N) is 1. The van der Waals surface area contributed by atoms with Crippen molar-refractivity contribution in [2.24, 2.45) is 0 Å². The molecule has 0 spiro atoms. The van der Waals surface area contributed by atoms with Gasteiger partial charge in [-0.05, 0) is 92.9 Å². The summed E-state index contributed by atoms with van der Waals surface area (Å²) in [6.07, 6.45) is 4.88. The Labute approximate surface area is 221 Å². The predicted octanol–water partition coefficient (Wildman–Crippen LogP) is 6.74. The van der Waals surface area contributed by atoms with Gasteiger partial charge in [-0.1, -0.05) is 36.7 Å². The highest BCUT2D eigenvalue weighted by atomic mass is 35.5.